The summed E-state index contributed by atoms with van der Waals surface area (Å²) >= 11 is 0. The molecule has 1 rings (SSSR count). The molecule has 1 aliphatic rings. The van der Waals surface area contributed by atoms with Gasteiger partial charge in [-0.2, -0.15) is 0 Å². The number of hydrogen-bond donors (Lipinski definition) is 1. The van der Waals surface area contributed by atoms with Crippen LogP contribution in [0.1, 0.15) is 75.7 Å². The predicted molar refractivity (Wildman–Crippen MR) is 149 cm³/mol. The Balaban J connectivity index is 3.20. The van der Waals surface area contributed by atoms with Crippen LogP contribution in [0.3, 0.4) is 0 Å². The molecule has 10 nitrogen and oxygen atoms in total. The molecule has 1 saturated heterocycles. The van der Waals surface area contributed by atoms with E-state index in [1.165, 1.54) is 24.0 Å². The second-order valence-corrected chi connectivity index (χ2v) is 18.6. The van der Waals surface area contributed by atoms with Crippen molar-refractivity contribution in [2.45, 2.75) is 124 Å². The van der Waals surface area contributed by atoms with Crippen LogP contribution in [0.2, 0.25) is 18.1 Å². The average Bonchev–Trinajstić information content (AvgIpc) is 3.15. The Morgan fingerprint density at radius 3 is 1.95 bits per heavy atom. The van der Waals surface area contributed by atoms with Crippen LogP contribution in [0.15, 0.2) is 0 Å². The van der Waals surface area contributed by atoms with Crippen molar-refractivity contribution < 1.29 is 33.1 Å². The molecule has 3 amide bonds. The molecule has 38 heavy (non-hydrogen) atoms. The second-order valence-electron chi connectivity index (χ2n) is 13.8. The second kappa shape index (κ2) is 11.9. The molecule has 0 aromatic carbocycles. The Kier molecular flexibility index (Phi) is 10.6. The number of nitrogens with one attached hydrogen (secondary N) is 1. The minimum absolute atomic E-state index is 0.0383. The first kappa shape index (κ1) is 33.9. The molecule has 4 atom stereocenters. The normalized spacial score (nSPS) is 20.4. The number of rotatable bonds is 7. The summed E-state index contributed by atoms with van der Waals surface area (Å²) in [6.45, 7) is 23.2. The van der Waals surface area contributed by atoms with E-state index in [0.717, 1.165) is 0 Å². The molecule has 1 aliphatic heterocycles. The summed E-state index contributed by atoms with van der Waals surface area (Å²) in [5.74, 6) is -1.42. The minimum Gasteiger partial charge on any atom is -0.467 e. The third-order valence-electron chi connectivity index (χ3n) is 7.33. The Bertz CT molecular complexity index is 887. The molecule has 0 radical (unpaired) electrons. The predicted octanol–water partition coefficient (Wildman–Crippen LogP) is 3.94. The van der Waals surface area contributed by atoms with E-state index in [1.807, 2.05) is 20.8 Å². The van der Waals surface area contributed by atoms with Crippen molar-refractivity contribution in [1.29, 1.82) is 0 Å². The lowest BCUT2D eigenvalue weighted by atomic mass is 9.85. The smallest absolute Gasteiger partial charge is 0.410 e. The van der Waals surface area contributed by atoms with Crippen molar-refractivity contribution in [3.05, 3.63) is 0 Å². The van der Waals surface area contributed by atoms with Gasteiger partial charge in [0.05, 0.1) is 13.2 Å². The summed E-state index contributed by atoms with van der Waals surface area (Å²) in [5.41, 5.74) is -1.40. The summed E-state index contributed by atoms with van der Waals surface area (Å²) < 4.78 is 16.9. The number of likely N-dealkylation sites (tertiary alicyclic amines) is 1. The van der Waals surface area contributed by atoms with Gasteiger partial charge >= 0.3 is 12.1 Å². The monoisotopic (exact) mass is 557 g/mol. The van der Waals surface area contributed by atoms with Gasteiger partial charge in [-0.15, -0.1) is 0 Å². The van der Waals surface area contributed by atoms with E-state index in [-0.39, 0.29) is 17.7 Å². The third kappa shape index (κ3) is 8.69. The molecule has 11 heteroatoms. The van der Waals surface area contributed by atoms with Crippen molar-refractivity contribution >= 4 is 32.2 Å². The molecule has 1 fully saturated rings. The number of methoxy groups -OCH3 is 1. The van der Waals surface area contributed by atoms with E-state index in [2.05, 4.69) is 39.2 Å². The topological polar surface area (TPSA) is 114 Å². The van der Waals surface area contributed by atoms with E-state index in [0.29, 0.717) is 6.42 Å². The van der Waals surface area contributed by atoms with Gasteiger partial charge in [-0.25, -0.2) is 9.59 Å². The zero-order chi connectivity index (χ0) is 30.0. The van der Waals surface area contributed by atoms with Crippen molar-refractivity contribution in [3.63, 3.8) is 0 Å². The summed E-state index contributed by atoms with van der Waals surface area (Å²) in [4.78, 5) is 55.0. The first-order valence-electron chi connectivity index (χ1n) is 13.2. The number of esters is 1. The molecule has 1 N–H and O–H groups in total. The van der Waals surface area contributed by atoms with Crippen molar-refractivity contribution in [2.24, 2.45) is 5.41 Å². The molecule has 1 heterocycles. The van der Waals surface area contributed by atoms with Gasteiger partial charge in [0, 0.05) is 20.0 Å². The lowest BCUT2D eigenvalue weighted by Crippen LogP contribution is -2.59. The minimum atomic E-state index is -2.16. The fourth-order valence-corrected chi connectivity index (χ4v) is 5.18. The zero-order valence-electron chi connectivity index (χ0n) is 26.0. The molecular weight excluding hydrogens is 506 g/mol. The number of likely N-dealkylation sites (N-methyl/N-ethyl adjacent to an activating group) is 1. The van der Waals surface area contributed by atoms with E-state index >= 15 is 0 Å². The number of carbonyl (C=O) groups is 4. The SMILES string of the molecule is COC(=O)[C@@H]1C[C@@H](O[Si](C)(C)C(C)(C)C)CN1C(=O)[C@@H](NC(=O)[C@H](C)N(C)C(=O)OC(C)(C)C)C(C)(C)C. The maximum Gasteiger partial charge on any atom is 0.410 e. The fourth-order valence-electron chi connectivity index (χ4n) is 3.82. The van der Waals surface area contributed by atoms with Gasteiger partial charge in [0.2, 0.25) is 11.8 Å². The summed E-state index contributed by atoms with van der Waals surface area (Å²) in [6, 6.07) is -2.67. The summed E-state index contributed by atoms with van der Waals surface area (Å²) in [7, 11) is 0.607. The number of hydrogen-bond acceptors (Lipinski definition) is 7. The largest absolute Gasteiger partial charge is 0.467 e. The van der Waals surface area contributed by atoms with Gasteiger partial charge in [0.1, 0.15) is 23.7 Å². The summed E-state index contributed by atoms with van der Waals surface area (Å²) in [5, 5.41) is 2.79. The van der Waals surface area contributed by atoms with E-state index in [1.54, 1.807) is 27.7 Å². The van der Waals surface area contributed by atoms with Crippen molar-refractivity contribution in [1.82, 2.24) is 15.1 Å². The highest BCUT2D eigenvalue weighted by molar-refractivity contribution is 6.74. The van der Waals surface area contributed by atoms with Crippen LogP contribution in [-0.2, 0) is 28.3 Å². The van der Waals surface area contributed by atoms with Gasteiger partial charge in [0.15, 0.2) is 8.32 Å². The molecule has 0 aromatic heterocycles. The first-order valence-corrected chi connectivity index (χ1v) is 16.2. The molecule has 220 valence electrons. The quantitative estimate of drug-likeness (QED) is 0.372. The molecule has 0 spiro atoms. The van der Waals surface area contributed by atoms with E-state index in [9.17, 15) is 19.2 Å². The van der Waals surface area contributed by atoms with Gasteiger partial charge in [0.25, 0.3) is 0 Å². The van der Waals surface area contributed by atoms with Gasteiger partial charge < -0.3 is 24.1 Å². The van der Waals surface area contributed by atoms with Crippen LogP contribution < -0.4 is 5.32 Å². The number of amides is 3. The highest BCUT2D eigenvalue weighted by Crippen LogP contribution is 2.39. The van der Waals surface area contributed by atoms with Crippen LogP contribution in [0.5, 0.6) is 0 Å². The standard InChI is InChI=1S/C27H51N3O7Si/c1-17(29(11)24(34)36-26(5,6)7)21(31)28-20(25(2,3)4)22(32)30-16-18(15-19(30)23(33)35-12)37-38(13,14)27(8,9)10/h17-20H,15-16H2,1-14H3,(H,28,31)/t17-,18+,19-,20+/m0/s1. The fraction of sp³-hybridized carbons (Fsp3) is 0.852. The molecule has 0 aliphatic carbocycles. The molecule has 0 aromatic rings. The average molecular weight is 558 g/mol. The van der Waals surface area contributed by atoms with Gasteiger partial charge in [-0.1, -0.05) is 41.5 Å². The Labute approximate surface area is 230 Å². The molecule has 0 unspecified atom stereocenters. The van der Waals surface area contributed by atoms with Crippen LogP contribution in [0.4, 0.5) is 4.79 Å². The molecule has 0 bridgehead atoms. The van der Waals surface area contributed by atoms with Gasteiger partial charge in [-0.05, 0) is 51.2 Å². The van der Waals surface area contributed by atoms with Gasteiger partial charge in [-0.3, -0.25) is 14.5 Å². The lowest BCUT2D eigenvalue weighted by Gasteiger charge is -2.38. The maximum atomic E-state index is 13.9. The zero-order valence-corrected chi connectivity index (χ0v) is 27.0. The van der Waals surface area contributed by atoms with E-state index < -0.39 is 61.3 Å². The van der Waals surface area contributed by atoms with Crippen LogP contribution in [0.25, 0.3) is 0 Å². The molecule has 0 saturated carbocycles. The van der Waals surface area contributed by atoms with Crippen LogP contribution in [0, 0.1) is 5.41 Å². The first-order chi connectivity index (χ1) is 16.9. The Morgan fingerprint density at radius 2 is 1.53 bits per heavy atom. The van der Waals surface area contributed by atoms with Crippen LogP contribution >= 0.6 is 0 Å². The maximum absolute atomic E-state index is 13.9. The number of ether oxygens (including phenoxy) is 2. The number of carbonyl (C=O) groups excluding carboxylic acids is 4. The van der Waals surface area contributed by atoms with Crippen LogP contribution in [-0.4, -0.2) is 92.5 Å². The van der Waals surface area contributed by atoms with Crippen molar-refractivity contribution in [2.75, 3.05) is 20.7 Å². The Morgan fingerprint density at radius 1 is 1.00 bits per heavy atom. The number of nitrogens with zero attached hydrogens (tertiary/aromatic N) is 2. The summed E-state index contributed by atoms with van der Waals surface area (Å²) in [6.07, 6.45) is -0.639. The highest BCUT2D eigenvalue weighted by atomic mass is 28.4. The lowest BCUT2D eigenvalue weighted by molar-refractivity contribution is -0.153. The highest BCUT2D eigenvalue weighted by Gasteiger charge is 2.48. The van der Waals surface area contributed by atoms with E-state index in [4.69, 9.17) is 13.9 Å². The Hall–Kier alpha value is -2.14. The van der Waals surface area contributed by atoms with Crippen molar-refractivity contribution in [3.8, 4) is 0 Å². The third-order valence-corrected chi connectivity index (χ3v) is 11.9. The molecular formula is C27H51N3O7Si.